The Kier molecular flexibility index (Phi) is 4.60. The highest BCUT2D eigenvalue weighted by molar-refractivity contribution is 9.10. The maximum absolute atomic E-state index is 13.0. The molecule has 23 heavy (non-hydrogen) atoms. The van der Waals surface area contributed by atoms with Gasteiger partial charge in [-0.3, -0.25) is 0 Å². The Morgan fingerprint density at radius 2 is 1.83 bits per heavy atom. The summed E-state index contributed by atoms with van der Waals surface area (Å²) in [6.07, 6.45) is 0. The van der Waals surface area contributed by atoms with Gasteiger partial charge in [-0.15, -0.1) is 0 Å². The fraction of sp³-hybridized carbons (Fsp3) is 0.294. The zero-order valence-electron chi connectivity index (χ0n) is 12.8. The molecule has 0 radical (unpaired) electrons. The second-order valence-corrected chi connectivity index (χ2v) is 8.73. The minimum absolute atomic E-state index is 0.0263. The van der Waals surface area contributed by atoms with E-state index < -0.39 is 10.0 Å². The molecular weight excluding hydrogens is 376 g/mol. The number of hydrogen-bond acceptors (Lipinski definition) is 3. The lowest BCUT2D eigenvalue weighted by atomic mass is 9.95. The second-order valence-electron chi connectivity index (χ2n) is 5.91. The normalized spacial score (nSPS) is 22.4. The third-order valence-electron chi connectivity index (χ3n) is 4.33. The second kappa shape index (κ2) is 6.36. The number of hydrogen-bond donors (Lipinski definition) is 1. The summed E-state index contributed by atoms with van der Waals surface area (Å²) in [4.78, 5) is 0.341. The Hall–Kier alpha value is -1.21. The molecule has 6 heteroatoms. The lowest BCUT2D eigenvalue weighted by molar-refractivity contribution is 0.469. The maximum atomic E-state index is 13.0. The Bertz CT molecular complexity index is 809. The molecule has 2 aromatic rings. The summed E-state index contributed by atoms with van der Waals surface area (Å²) in [6.45, 7) is 2.57. The average Bonchev–Trinajstić information content (AvgIpc) is 2.93. The van der Waals surface area contributed by atoms with E-state index in [1.54, 1.807) is 6.07 Å². The third-order valence-corrected chi connectivity index (χ3v) is 6.79. The first kappa shape index (κ1) is 16.6. The van der Waals surface area contributed by atoms with Crippen LogP contribution in [0.2, 0.25) is 0 Å². The molecule has 2 aromatic carbocycles. The van der Waals surface area contributed by atoms with Gasteiger partial charge in [0, 0.05) is 29.5 Å². The molecule has 2 atom stereocenters. The van der Waals surface area contributed by atoms with Crippen LogP contribution in [0.5, 0.6) is 0 Å². The van der Waals surface area contributed by atoms with Crippen LogP contribution in [0, 0.1) is 6.92 Å². The molecule has 0 bridgehead atoms. The van der Waals surface area contributed by atoms with E-state index in [1.807, 2.05) is 49.4 Å². The first-order valence-corrected chi connectivity index (χ1v) is 9.70. The van der Waals surface area contributed by atoms with E-state index in [4.69, 9.17) is 5.73 Å². The summed E-state index contributed by atoms with van der Waals surface area (Å²) in [5.74, 6) is 0.0263. The van der Waals surface area contributed by atoms with E-state index in [2.05, 4.69) is 15.9 Å². The predicted molar refractivity (Wildman–Crippen MR) is 94.8 cm³/mol. The number of nitrogens with two attached hydrogens (primary N) is 1. The van der Waals surface area contributed by atoms with Crippen LogP contribution in [-0.4, -0.2) is 31.9 Å². The Balaban J connectivity index is 1.92. The van der Waals surface area contributed by atoms with Gasteiger partial charge in [-0.2, -0.15) is 4.31 Å². The van der Waals surface area contributed by atoms with Crippen molar-refractivity contribution in [2.45, 2.75) is 23.8 Å². The van der Waals surface area contributed by atoms with Crippen LogP contribution in [0.25, 0.3) is 0 Å². The Morgan fingerprint density at radius 3 is 2.52 bits per heavy atom. The molecule has 0 amide bonds. The largest absolute Gasteiger partial charge is 0.326 e. The first-order valence-electron chi connectivity index (χ1n) is 7.46. The number of aryl methyl sites for hydroxylation is 1. The number of halogens is 1. The molecule has 0 saturated carbocycles. The molecule has 2 N–H and O–H groups in total. The average molecular weight is 395 g/mol. The van der Waals surface area contributed by atoms with Gasteiger partial charge in [0.1, 0.15) is 0 Å². The topological polar surface area (TPSA) is 63.4 Å². The van der Waals surface area contributed by atoms with Gasteiger partial charge in [-0.05, 0) is 30.2 Å². The lowest BCUT2D eigenvalue weighted by Gasteiger charge is -2.18. The number of nitrogens with zero attached hydrogens (tertiary/aromatic N) is 1. The molecular formula is C17H19BrN2O2S. The summed E-state index contributed by atoms with van der Waals surface area (Å²) < 4.78 is 28.2. The van der Waals surface area contributed by atoms with E-state index in [-0.39, 0.29) is 12.0 Å². The molecule has 4 nitrogen and oxygen atoms in total. The van der Waals surface area contributed by atoms with Gasteiger partial charge in [-0.1, -0.05) is 52.3 Å². The van der Waals surface area contributed by atoms with Crippen LogP contribution in [0.4, 0.5) is 0 Å². The summed E-state index contributed by atoms with van der Waals surface area (Å²) in [5.41, 5.74) is 8.06. The predicted octanol–water partition coefficient (Wildman–Crippen LogP) is 2.87. The van der Waals surface area contributed by atoms with Crippen LogP contribution in [0.3, 0.4) is 0 Å². The molecule has 0 spiro atoms. The van der Waals surface area contributed by atoms with E-state index in [0.29, 0.717) is 18.0 Å². The molecule has 0 aliphatic carbocycles. The number of sulfonamides is 1. The van der Waals surface area contributed by atoms with Crippen molar-refractivity contribution >= 4 is 26.0 Å². The van der Waals surface area contributed by atoms with E-state index in [9.17, 15) is 8.42 Å². The Morgan fingerprint density at radius 1 is 1.13 bits per heavy atom. The zero-order valence-corrected chi connectivity index (χ0v) is 15.2. The van der Waals surface area contributed by atoms with Crippen LogP contribution in [-0.2, 0) is 10.0 Å². The van der Waals surface area contributed by atoms with Gasteiger partial charge < -0.3 is 5.73 Å². The molecule has 1 aliphatic rings. The molecule has 1 saturated heterocycles. The lowest BCUT2D eigenvalue weighted by Crippen LogP contribution is -2.32. The van der Waals surface area contributed by atoms with Gasteiger partial charge in [0.2, 0.25) is 10.0 Å². The quantitative estimate of drug-likeness (QED) is 0.870. The van der Waals surface area contributed by atoms with Gasteiger partial charge in [0.15, 0.2) is 0 Å². The van der Waals surface area contributed by atoms with Gasteiger partial charge >= 0.3 is 0 Å². The van der Waals surface area contributed by atoms with Crippen molar-refractivity contribution in [1.29, 1.82) is 0 Å². The van der Waals surface area contributed by atoms with E-state index in [0.717, 1.165) is 15.6 Å². The number of rotatable bonds is 3. The molecule has 1 fully saturated rings. The van der Waals surface area contributed by atoms with Crippen LogP contribution < -0.4 is 5.73 Å². The summed E-state index contributed by atoms with van der Waals surface area (Å²) in [5, 5.41) is 0. The van der Waals surface area contributed by atoms with Crippen molar-refractivity contribution in [2.24, 2.45) is 5.73 Å². The third kappa shape index (κ3) is 3.21. The first-order chi connectivity index (χ1) is 10.9. The summed E-state index contributed by atoms with van der Waals surface area (Å²) in [7, 11) is -3.54. The smallest absolute Gasteiger partial charge is 0.243 e. The SMILES string of the molecule is Cc1ccc(Br)cc1S(=O)(=O)N1C[C@@H](N)[C@H](c2ccccc2)C1. The van der Waals surface area contributed by atoms with Crippen molar-refractivity contribution in [3.05, 3.63) is 64.1 Å². The van der Waals surface area contributed by atoms with Crippen LogP contribution >= 0.6 is 15.9 Å². The molecule has 1 aliphatic heterocycles. The van der Waals surface area contributed by atoms with E-state index in [1.165, 1.54) is 4.31 Å². The molecule has 122 valence electrons. The van der Waals surface area contributed by atoms with E-state index >= 15 is 0 Å². The zero-order chi connectivity index (χ0) is 16.6. The van der Waals surface area contributed by atoms with Crippen LogP contribution in [0.15, 0.2) is 57.9 Å². The van der Waals surface area contributed by atoms with Gasteiger partial charge in [-0.25, -0.2) is 8.42 Å². The molecule has 0 aromatic heterocycles. The van der Waals surface area contributed by atoms with Crippen molar-refractivity contribution in [2.75, 3.05) is 13.1 Å². The molecule has 0 unspecified atom stereocenters. The van der Waals surface area contributed by atoms with Crippen molar-refractivity contribution in [3.63, 3.8) is 0 Å². The number of benzene rings is 2. The van der Waals surface area contributed by atoms with Crippen molar-refractivity contribution in [3.8, 4) is 0 Å². The highest BCUT2D eigenvalue weighted by Crippen LogP contribution is 2.32. The summed E-state index contributed by atoms with van der Waals surface area (Å²) in [6, 6.07) is 15.0. The van der Waals surface area contributed by atoms with Crippen LogP contribution in [0.1, 0.15) is 17.0 Å². The Labute approximate surface area is 145 Å². The van der Waals surface area contributed by atoms with Crippen molar-refractivity contribution in [1.82, 2.24) is 4.31 Å². The minimum Gasteiger partial charge on any atom is -0.326 e. The monoisotopic (exact) mass is 394 g/mol. The maximum Gasteiger partial charge on any atom is 0.243 e. The van der Waals surface area contributed by atoms with Gasteiger partial charge in [0.25, 0.3) is 0 Å². The molecule has 1 heterocycles. The highest BCUT2D eigenvalue weighted by atomic mass is 79.9. The van der Waals surface area contributed by atoms with Gasteiger partial charge in [0.05, 0.1) is 4.90 Å². The molecule has 3 rings (SSSR count). The van der Waals surface area contributed by atoms with Crippen molar-refractivity contribution < 1.29 is 8.42 Å². The fourth-order valence-corrected chi connectivity index (χ4v) is 5.30. The fourth-order valence-electron chi connectivity index (χ4n) is 3.03. The minimum atomic E-state index is -3.54. The highest BCUT2D eigenvalue weighted by Gasteiger charge is 2.38. The standard InChI is InChI=1S/C17H19BrN2O2S/c1-12-7-8-14(18)9-17(12)23(21,22)20-10-15(16(19)11-20)13-5-3-2-4-6-13/h2-9,15-16H,10-11,19H2,1H3/t15-,16+/m0/s1. The summed E-state index contributed by atoms with van der Waals surface area (Å²) >= 11 is 3.35.